The van der Waals surface area contributed by atoms with Crippen LogP contribution in [-0.2, 0) is 14.3 Å². The van der Waals surface area contributed by atoms with Crippen molar-refractivity contribution in [2.45, 2.75) is 0 Å². The second kappa shape index (κ2) is 9.48. The first kappa shape index (κ1) is 20.0. The van der Waals surface area contributed by atoms with Crippen molar-refractivity contribution in [1.29, 1.82) is 0 Å². The fourth-order valence-corrected chi connectivity index (χ4v) is 3.41. The topological polar surface area (TPSA) is 62.3 Å². The predicted molar refractivity (Wildman–Crippen MR) is 100 cm³/mol. The molecule has 0 bridgehead atoms. The lowest BCUT2D eigenvalue weighted by Gasteiger charge is -2.36. The molecule has 2 fully saturated rings. The molecule has 27 heavy (non-hydrogen) atoms. The number of amides is 2. The minimum absolute atomic E-state index is 0.0471. The Morgan fingerprint density at radius 1 is 1.04 bits per heavy atom. The highest BCUT2D eigenvalue weighted by molar-refractivity contribution is 9.10. The molecule has 2 amide bonds. The van der Waals surface area contributed by atoms with Crippen molar-refractivity contribution in [3.63, 3.8) is 0 Å². The van der Waals surface area contributed by atoms with Gasteiger partial charge in [0.05, 0.1) is 19.8 Å². The molecule has 0 radical (unpaired) electrons. The summed E-state index contributed by atoms with van der Waals surface area (Å²) in [6.45, 7) is 4.96. The number of hydrogen-bond acceptors (Lipinski definition) is 5. The van der Waals surface area contributed by atoms with E-state index in [1.165, 1.54) is 12.1 Å². The molecule has 0 aliphatic carbocycles. The monoisotopic (exact) mass is 443 g/mol. The third-order valence-corrected chi connectivity index (χ3v) is 5.19. The van der Waals surface area contributed by atoms with E-state index in [4.69, 9.17) is 9.47 Å². The lowest BCUT2D eigenvalue weighted by atomic mass is 10.3. The highest BCUT2D eigenvalue weighted by atomic mass is 79.9. The smallest absolute Gasteiger partial charge is 0.260 e. The lowest BCUT2D eigenvalue weighted by Crippen LogP contribution is -2.54. The van der Waals surface area contributed by atoms with Crippen molar-refractivity contribution in [1.82, 2.24) is 14.7 Å². The number of piperazine rings is 1. The molecule has 2 saturated heterocycles. The summed E-state index contributed by atoms with van der Waals surface area (Å²) >= 11 is 3.18. The van der Waals surface area contributed by atoms with Gasteiger partial charge >= 0.3 is 0 Å². The van der Waals surface area contributed by atoms with E-state index in [1.54, 1.807) is 15.9 Å². The van der Waals surface area contributed by atoms with Crippen LogP contribution in [0.1, 0.15) is 0 Å². The Balaban J connectivity index is 1.41. The van der Waals surface area contributed by atoms with Gasteiger partial charge in [0.15, 0.2) is 18.2 Å². The van der Waals surface area contributed by atoms with Crippen molar-refractivity contribution in [3.05, 3.63) is 28.5 Å². The molecule has 7 nitrogen and oxygen atoms in total. The van der Waals surface area contributed by atoms with Gasteiger partial charge in [-0.25, -0.2) is 4.39 Å². The lowest BCUT2D eigenvalue weighted by molar-refractivity contribution is -0.141. The Morgan fingerprint density at radius 2 is 1.67 bits per heavy atom. The van der Waals surface area contributed by atoms with E-state index in [9.17, 15) is 14.0 Å². The molecule has 0 spiro atoms. The number of ether oxygens (including phenoxy) is 2. The van der Waals surface area contributed by atoms with E-state index in [-0.39, 0.29) is 24.2 Å². The van der Waals surface area contributed by atoms with Crippen LogP contribution in [0.25, 0.3) is 0 Å². The molecule has 0 unspecified atom stereocenters. The van der Waals surface area contributed by atoms with Crippen LogP contribution in [0.4, 0.5) is 4.39 Å². The maximum Gasteiger partial charge on any atom is 0.260 e. The highest BCUT2D eigenvalue weighted by Crippen LogP contribution is 2.21. The maximum atomic E-state index is 13.7. The quantitative estimate of drug-likeness (QED) is 0.678. The molecule has 0 aromatic heterocycles. The number of hydrogen-bond donors (Lipinski definition) is 0. The summed E-state index contributed by atoms with van der Waals surface area (Å²) in [5, 5.41) is 0. The molecule has 148 valence electrons. The van der Waals surface area contributed by atoms with E-state index in [0.717, 1.165) is 13.1 Å². The van der Waals surface area contributed by atoms with Gasteiger partial charge in [-0.1, -0.05) is 15.9 Å². The van der Waals surface area contributed by atoms with Crippen LogP contribution in [0, 0.1) is 5.82 Å². The second-order valence-electron chi connectivity index (χ2n) is 6.51. The largest absolute Gasteiger partial charge is 0.481 e. The third-order valence-electron chi connectivity index (χ3n) is 4.69. The number of rotatable bonds is 5. The van der Waals surface area contributed by atoms with Crippen LogP contribution in [0.2, 0.25) is 0 Å². The summed E-state index contributed by atoms with van der Waals surface area (Å²) in [5.74, 6) is -0.601. The molecule has 3 rings (SSSR count). The Morgan fingerprint density at radius 3 is 2.30 bits per heavy atom. The van der Waals surface area contributed by atoms with Crippen LogP contribution in [0.3, 0.4) is 0 Å². The van der Waals surface area contributed by atoms with Gasteiger partial charge in [0.2, 0.25) is 5.91 Å². The van der Waals surface area contributed by atoms with E-state index in [0.29, 0.717) is 50.4 Å². The average molecular weight is 444 g/mol. The molecule has 2 aliphatic heterocycles. The van der Waals surface area contributed by atoms with E-state index < -0.39 is 5.82 Å². The Labute approximate surface area is 166 Å². The predicted octanol–water partition coefficient (Wildman–Crippen LogP) is 0.970. The van der Waals surface area contributed by atoms with E-state index in [1.807, 2.05) is 0 Å². The van der Waals surface area contributed by atoms with Gasteiger partial charge in [-0.05, 0) is 18.2 Å². The fourth-order valence-electron chi connectivity index (χ4n) is 3.08. The van der Waals surface area contributed by atoms with Gasteiger partial charge in [-0.3, -0.25) is 14.5 Å². The van der Waals surface area contributed by atoms with Gasteiger partial charge in [-0.2, -0.15) is 0 Å². The van der Waals surface area contributed by atoms with Crippen LogP contribution >= 0.6 is 15.9 Å². The number of carbonyl (C=O) groups excluding carboxylic acids is 2. The van der Waals surface area contributed by atoms with Crippen molar-refractivity contribution in [2.75, 3.05) is 65.6 Å². The van der Waals surface area contributed by atoms with Crippen molar-refractivity contribution in [2.24, 2.45) is 0 Å². The van der Waals surface area contributed by atoms with Gasteiger partial charge in [0.25, 0.3) is 5.91 Å². The Kier molecular flexibility index (Phi) is 7.03. The molecule has 1 aromatic rings. The summed E-state index contributed by atoms with van der Waals surface area (Å²) < 4.78 is 24.9. The van der Waals surface area contributed by atoms with E-state index >= 15 is 0 Å². The van der Waals surface area contributed by atoms with Crippen LogP contribution in [-0.4, -0.2) is 92.1 Å². The summed E-state index contributed by atoms with van der Waals surface area (Å²) in [5.41, 5.74) is 0. The zero-order valence-electron chi connectivity index (χ0n) is 15.0. The zero-order valence-corrected chi connectivity index (χ0v) is 16.6. The normalized spacial score (nSPS) is 18.4. The second-order valence-corrected chi connectivity index (χ2v) is 7.43. The highest BCUT2D eigenvalue weighted by Gasteiger charge is 2.26. The minimum Gasteiger partial charge on any atom is -0.481 e. The summed E-state index contributed by atoms with van der Waals surface area (Å²) in [6, 6.07) is 4.43. The number of carbonyl (C=O) groups is 2. The SMILES string of the molecule is O=C(COc1ccc(Br)cc1F)N1CCN(C(=O)CN2CCOCC2)CC1. The van der Waals surface area contributed by atoms with Crippen molar-refractivity contribution in [3.8, 4) is 5.75 Å². The van der Waals surface area contributed by atoms with Crippen LogP contribution in [0.15, 0.2) is 22.7 Å². The molecule has 0 atom stereocenters. The van der Waals surface area contributed by atoms with Gasteiger partial charge < -0.3 is 19.3 Å². The molecule has 9 heteroatoms. The Bertz CT molecular complexity index is 677. The number of benzene rings is 1. The fraction of sp³-hybridized carbons (Fsp3) is 0.556. The van der Waals surface area contributed by atoms with Crippen molar-refractivity contribution >= 4 is 27.7 Å². The zero-order chi connectivity index (χ0) is 19.2. The maximum absolute atomic E-state index is 13.7. The molecular formula is C18H23BrFN3O4. The minimum atomic E-state index is -0.518. The first-order valence-electron chi connectivity index (χ1n) is 8.96. The molecule has 2 heterocycles. The summed E-state index contributed by atoms with van der Waals surface area (Å²) in [6.07, 6.45) is 0. The van der Waals surface area contributed by atoms with Gasteiger partial charge in [0.1, 0.15) is 0 Å². The van der Waals surface area contributed by atoms with E-state index in [2.05, 4.69) is 20.8 Å². The summed E-state index contributed by atoms with van der Waals surface area (Å²) in [7, 11) is 0. The standard InChI is InChI=1S/C18H23BrFN3O4/c19-14-1-2-16(15(20)11-14)27-13-18(25)23-5-3-22(4-6-23)17(24)12-21-7-9-26-10-8-21/h1-2,11H,3-10,12-13H2. The first-order chi connectivity index (χ1) is 13.0. The average Bonchev–Trinajstić information content (AvgIpc) is 2.68. The molecule has 2 aliphatic rings. The van der Waals surface area contributed by atoms with Crippen LogP contribution < -0.4 is 4.74 Å². The number of halogens is 2. The van der Waals surface area contributed by atoms with Gasteiger partial charge in [-0.15, -0.1) is 0 Å². The molecular weight excluding hydrogens is 421 g/mol. The number of nitrogens with zero attached hydrogens (tertiary/aromatic N) is 3. The van der Waals surface area contributed by atoms with Gasteiger partial charge in [0, 0.05) is 43.7 Å². The van der Waals surface area contributed by atoms with Crippen LogP contribution in [0.5, 0.6) is 5.75 Å². The first-order valence-corrected chi connectivity index (χ1v) is 9.76. The molecule has 1 aromatic carbocycles. The molecule has 0 N–H and O–H groups in total. The Hall–Kier alpha value is -1.71. The summed E-state index contributed by atoms with van der Waals surface area (Å²) in [4.78, 5) is 30.2. The molecule has 0 saturated carbocycles. The third kappa shape index (κ3) is 5.63. The number of morpholine rings is 1. The van der Waals surface area contributed by atoms with Crippen molar-refractivity contribution < 1.29 is 23.5 Å².